The van der Waals surface area contributed by atoms with Crippen LogP contribution in [0.15, 0.2) is 39.5 Å². The lowest BCUT2D eigenvalue weighted by Gasteiger charge is -2.19. The van der Waals surface area contributed by atoms with E-state index < -0.39 is 22.5 Å². The normalized spacial score (nSPS) is 11.8. The van der Waals surface area contributed by atoms with Crippen molar-refractivity contribution < 1.29 is 24.8 Å². The van der Waals surface area contributed by atoms with Crippen LogP contribution in [0.25, 0.3) is 22.3 Å². The second-order valence-corrected chi connectivity index (χ2v) is 7.24. The summed E-state index contributed by atoms with van der Waals surface area (Å²) in [5, 5.41) is 39.9. The summed E-state index contributed by atoms with van der Waals surface area (Å²) in [6.07, 6.45) is 0.786. The van der Waals surface area contributed by atoms with Gasteiger partial charge in [-0.2, -0.15) is 0 Å². The number of aromatic hydroxyl groups is 4. The molecule has 0 unspecified atom stereocenters. The molecule has 0 spiro atoms. The van der Waals surface area contributed by atoms with Crippen molar-refractivity contribution in [2.24, 2.45) is 5.73 Å². The van der Waals surface area contributed by atoms with Gasteiger partial charge in [0.25, 0.3) is 0 Å². The zero-order valence-electron chi connectivity index (χ0n) is 15.0. The van der Waals surface area contributed by atoms with E-state index in [1.807, 2.05) is 13.8 Å². The molecule has 6 N–H and O–H groups in total. The van der Waals surface area contributed by atoms with Gasteiger partial charge in [-0.1, -0.05) is 0 Å². The van der Waals surface area contributed by atoms with Crippen molar-refractivity contribution in [3.05, 3.63) is 46.1 Å². The van der Waals surface area contributed by atoms with Crippen LogP contribution < -0.4 is 11.2 Å². The summed E-state index contributed by atoms with van der Waals surface area (Å²) in [5.41, 5.74) is 5.34. The molecule has 0 aliphatic carbocycles. The highest BCUT2D eigenvalue weighted by molar-refractivity contribution is 5.91. The number of phenols is 3. The number of nitrogens with two attached hydrogens (primary N) is 1. The molecule has 0 aliphatic rings. The first kappa shape index (κ1) is 18.6. The number of rotatable bonds is 4. The fourth-order valence-corrected chi connectivity index (χ4v) is 2.87. The molecule has 1 heterocycles. The Hall–Kier alpha value is -3.19. The van der Waals surface area contributed by atoms with Crippen molar-refractivity contribution in [3.8, 4) is 34.3 Å². The van der Waals surface area contributed by atoms with E-state index in [0.717, 1.165) is 6.07 Å². The maximum Gasteiger partial charge on any atom is 0.238 e. The van der Waals surface area contributed by atoms with Crippen molar-refractivity contribution in [1.29, 1.82) is 0 Å². The number of hydrogen-bond donors (Lipinski definition) is 5. The Kier molecular flexibility index (Phi) is 4.49. The van der Waals surface area contributed by atoms with Crippen molar-refractivity contribution in [1.82, 2.24) is 0 Å². The fourth-order valence-electron chi connectivity index (χ4n) is 2.87. The van der Waals surface area contributed by atoms with Crippen molar-refractivity contribution in [3.63, 3.8) is 0 Å². The average Bonchev–Trinajstić information content (AvgIpc) is 2.57. The Morgan fingerprint density at radius 3 is 2.26 bits per heavy atom. The van der Waals surface area contributed by atoms with Crippen LogP contribution in [0.3, 0.4) is 0 Å². The molecule has 3 rings (SSSR count). The molecule has 0 fully saturated rings. The van der Waals surface area contributed by atoms with E-state index >= 15 is 0 Å². The minimum absolute atomic E-state index is 0.0115. The van der Waals surface area contributed by atoms with Crippen molar-refractivity contribution in [2.45, 2.75) is 32.2 Å². The zero-order chi connectivity index (χ0) is 19.9. The van der Waals surface area contributed by atoms with Gasteiger partial charge >= 0.3 is 0 Å². The van der Waals surface area contributed by atoms with Gasteiger partial charge in [0.05, 0.1) is 0 Å². The Morgan fingerprint density at radius 1 is 1.04 bits per heavy atom. The van der Waals surface area contributed by atoms with Gasteiger partial charge in [-0.25, -0.2) is 0 Å². The lowest BCUT2D eigenvalue weighted by molar-refractivity contribution is 0.428. The molecule has 3 aromatic rings. The predicted octanol–water partition coefficient (Wildman–Crippen LogP) is 2.95. The second-order valence-electron chi connectivity index (χ2n) is 7.24. The molecular formula is C20H21NO6. The first-order valence-corrected chi connectivity index (χ1v) is 8.40. The SMILES string of the molecule is CC(C)(N)CCc1c(O)cc(O)c2c(=O)c(O)c(-c3ccc(O)cc3)oc12. The summed E-state index contributed by atoms with van der Waals surface area (Å²) < 4.78 is 5.76. The minimum atomic E-state index is -0.815. The maximum absolute atomic E-state index is 12.6. The molecule has 142 valence electrons. The van der Waals surface area contributed by atoms with Gasteiger partial charge in [0.15, 0.2) is 5.76 Å². The van der Waals surface area contributed by atoms with Crippen LogP contribution in [0.2, 0.25) is 0 Å². The lowest BCUT2D eigenvalue weighted by atomic mass is 9.94. The minimum Gasteiger partial charge on any atom is -0.508 e. The summed E-state index contributed by atoms with van der Waals surface area (Å²) in [6, 6.07) is 6.78. The second kappa shape index (κ2) is 6.51. The average molecular weight is 371 g/mol. The molecule has 7 nitrogen and oxygen atoms in total. The number of phenolic OH excluding ortho intramolecular Hbond substituents is 3. The molecule has 0 saturated heterocycles. The van der Waals surface area contributed by atoms with E-state index in [9.17, 15) is 25.2 Å². The largest absolute Gasteiger partial charge is 0.508 e. The van der Waals surface area contributed by atoms with E-state index in [-0.39, 0.29) is 28.2 Å². The molecular weight excluding hydrogens is 350 g/mol. The molecule has 1 aromatic heterocycles. The Balaban J connectivity index is 2.30. The number of aryl methyl sites for hydroxylation is 1. The van der Waals surface area contributed by atoms with Gasteiger partial charge in [-0.15, -0.1) is 0 Å². The van der Waals surface area contributed by atoms with Crippen LogP contribution in [-0.4, -0.2) is 26.0 Å². The summed E-state index contributed by atoms with van der Waals surface area (Å²) >= 11 is 0. The predicted molar refractivity (Wildman–Crippen MR) is 101 cm³/mol. The lowest BCUT2D eigenvalue weighted by Crippen LogP contribution is -2.32. The topological polar surface area (TPSA) is 137 Å². The molecule has 0 bridgehead atoms. The summed E-state index contributed by atoms with van der Waals surface area (Å²) in [5.74, 6) is -1.48. The maximum atomic E-state index is 12.6. The molecule has 0 amide bonds. The van der Waals surface area contributed by atoms with Crippen molar-refractivity contribution in [2.75, 3.05) is 0 Å². The van der Waals surface area contributed by atoms with Crippen LogP contribution in [0, 0.1) is 0 Å². The van der Waals surface area contributed by atoms with E-state index in [4.69, 9.17) is 10.2 Å². The van der Waals surface area contributed by atoms with Gasteiger partial charge in [0.1, 0.15) is 28.2 Å². The quantitative estimate of drug-likeness (QED) is 0.475. The van der Waals surface area contributed by atoms with Crippen LogP contribution >= 0.6 is 0 Å². The summed E-state index contributed by atoms with van der Waals surface area (Å²) in [4.78, 5) is 12.6. The monoisotopic (exact) mass is 371 g/mol. The smallest absolute Gasteiger partial charge is 0.238 e. The molecule has 0 aliphatic heterocycles. The van der Waals surface area contributed by atoms with Gasteiger partial charge < -0.3 is 30.6 Å². The molecule has 0 saturated carbocycles. The summed E-state index contributed by atoms with van der Waals surface area (Å²) in [6.45, 7) is 3.66. The van der Waals surface area contributed by atoms with Crippen molar-refractivity contribution >= 4 is 11.0 Å². The third kappa shape index (κ3) is 3.54. The van der Waals surface area contributed by atoms with Crippen LogP contribution in [0.5, 0.6) is 23.0 Å². The molecule has 27 heavy (non-hydrogen) atoms. The van der Waals surface area contributed by atoms with Crippen LogP contribution in [-0.2, 0) is 6.42 Å². The van der Waals surface area contributed by atoms with E-state index in [1.54, 1.807) is 0 Å². The molecule has 7 heteroatoms. The standard InChI is InChI=1S/C20H21NO6/c1-20(2,21)8-7-12-13(23)9-14(24)15-16(25)17(26)18(27-19(12)15)10-3-5-11(22)6-4-10/h3-6,9,22-24,26H,7-8,21H2,1-2H3. The zero-order valence-corrected chi connectivity index (χ0v) is 15.0. The number of fused-ring (bicyclic) bond motifs is 1. The van der Waals surface area contributed by atoms with Crippen LogP contribution in [0.1, 0.15) is 25.8 Å². The molecule has 0 radical (unpaired) electrons. The third-order valence-corrected chi connectivity index (χ3v) is 4.35. The Bertz CT molecular complexity index is 1060. The van der Waals surface area contributed by atoms with Gasteiger partial charge in [-0.05, 0) is 51.0 Å². The van der Waals surface area contributed by atoms with Gasteiger partial charge in [-0.3, -0.25) is 4.79 Å². The summed E-state index contributed by atoms with van der Waals surface area (Å²) in [7, 11) is 0. The highest BCUT2D eigenvalue weighted by Crippen LogP contribution is 2.39. The fraction of sp³-hybridized carbons (Fsp3) is 0.250. The highest BCUT2D eigenvalue weighted by Gasteiger charge is 2.23. The number of benzene rings is 2. The highest BCUT2D eigenvalue weighted by atomic mass is 16.4. The number of hydrogen-bond acceptors (Lipinski definition) is 7. The Labute approximate surface area is 154 Å². The van der Waals surface area contributed by atoms with Gasteiger partial charge in [0.2, 0.25) is 11.2 Å². The first-order chi connectivity index (χ1) is 12.6. The Morgan fingerprint density at radius 2 is 1.67 bits per heavy atom. The molecule has 0 atom stereocenters. The first-order valence-electron chi connectivity index (χ1n) is 8.40. The van der Waals surface area contributed by atoms with E-state index in [0.29, 0.717) is 24.0 Å². The van der Waals surface area contributed by atoms with Gasteiger partial charge in [0, 0.05) is 22.7 Å². The third-order valence-electron chi connectivity index (χ3n) is 4.35. The van der Waals surface area contributed by atoms with E-state index in [2.05, 4.69) is 0 Å². The van der Waals surface area contributed by atoms with Crippen LogP contribution in [0.4, 0.5) is 0 Å². The molecule has 2 aromatic carbocycles. The van der Waals surface area contributed by atoms with E-state index in [1.165, 1.54) is 24.3 Å².